The highest BCUT2D eigenvalue weighted by atomic mass is 32.2. The normalized spacial score (nSPS) is 10.6. The summed E-state index contributed by atoms with van der Waals surface area (Å²) in [6, 6.07) is 15.1. The van der Waals surface area contributed by atoms with Crippen LogP contribution in [0.1, 0.15) is 18.1 Å². The summed E-state index contributed by atoms with van der Waals surface area (Å²) in [6.07, 6.45) is 5.65. The summed E-state index contributed by atoms with van der Waals surface area (Å²) in [5.74, 6) is -1.52. The van der Waals surface area contributed by atoms with Crippen LogP contribution in [0.2, 0.25) is 0 Å². The third-order valence-corrected chi connectivity index (χ3v) is 4.74. The molecule has 2 aromatic carbocycles. The molecule has 0 unspecified atom stereocenters. The van der Waals surface area contributed by atoms with Gasteiger partial charge in [0.15, 0.2) is 6.61 Å². The number of amides is 2. The Balaban J connectivity index is 1.71. The van der Waals surface area contributed by atoms with Crippen LogP contribution >= 0.6 is 11.8 Å². The van der Waals surface area contributed by atoms with E-state index in [1.807, 2.05) is 55.6 Å². The quantitative estimate of drug-likeness (QED) is 0.375. The molecule has 0 saturated carbocycles. The van der Waals surface area contributed by atoms with Gasteiger partial charge < -0.3 is 15.4 Å². The fourth-order valence-electron chi connectivity index (χ4n) is 2.44. The molecule has 0 aromatic heterocycles. The van der Waals surface area contributed by atoms with Crippen LogP contribution < -0.4 is 10.6 Å². The molecular weight excluding hydrogens is 388 g/mol. The maximum Gasteiger partial charge on any atom is 0.331 e. The van der Waals surface area contributed by atoms with Gasteiger partial charge in [0.05, 0.1) is 6.54 Å². The maximum atomic E-state index is 12.0. The molecule has 0 radical (unpaired) electrons. The van der Waals surface area contributed by atoms with Gasteiger partial charge in [-0.25, -0.2) is 4.79 Å². The standard InChI is InChI=1S/C22H24N2O4S/c1-3-17-6-4-5-7-19(17)24-20(25)14-23-21(26)15-28-22(27)13-10-16-8-11-18(29-2)12-9-16/h4-13H,3,14-15H2,1-2H3,(H,23,26)(H,24,25)/b13-10+. The van der Waals surface area contributed by atoms with E-state index in [0.717, 1.165) is 28.1 Å². The van der Waals surface area contributed by atoms with E-state index in [1.54, 1.807) is 23.9 Å². The number of esters is 1. The van der Waals surface area contributed by atoms with Gasteiger partial charge in [-0.15, -0.1) is 11.8 Å². The van der Waals surface area contributed by atoms with Crippen molar-refractivity contribution < 1.29 is 19.1 Å². The first-order valence-electron chi connectivity index (χ1n) is 9.15. The summed E-state index contributed by atoms with van der Waals surface area (Å²) < 4.78 is 4.88. The van der Waals surface area contributed by atoms with E-state index in [2.05, 4.69) is 10.6 Å². The molecule has 0 bridgehead atoms. The molecule has 0 atom stereocenters. The zero-order valence-corrected chi connectivity index (χ0v) is 17.3. The third-order valence-electron chi connectivity index (χ3n) is 3.99. The van der Waals surface area contributed by atoms with Gasteiger partial charge in [-0.3, -0.25) is 9.59 Å². The number of aryl methyl sites for hydroxylation is 1. The van der Waals surface area contributed by atoms with Gasteiger partial charge in [0, 0.05) is 16.7 Å². The number of ether oxygens (including phenoxy) is 1. The molecule has 6 nitrogen and oxygen atoms in total. The van der Waals surface area contributed by atoms with Crippen molar-refractivity contribution >= 4 is 41.3 Å². The van der Waals surface area contributed by atoms with Crippen LogP contribution in [0.15, 0.2) is 59.5 Å². The summed E-state index contributed by atoms with van der Waals surface area (Å²) in [6.45, 7) is 1.34. The van der Waals surface area contributed by atoms with E-state index in [-0.39, 0.29) is 12.5 Å². The molecule has 0 fully saturated rings. The Kier molecular flexibility index (Phi) is 8.98. The second-order valence-corrected chi connectivity index (χ2v) is 6.93. The minimum absolute atomic E-state index is 0.202. The van der Waals surface area contributed by atoms with Crippen LogP contribution in [0.4, 0.5) is 5.69 Å². The average Bonchev–Trinajstić information content (AvgIpc) is 2.75. The first-order valence-corrected chi connectivity index (χ1v) is 10.4. The highest BCUT2D eigenvalue weighted by Gasteiger charge is 2.09. The molecule has 0 spiro atoms. The Labute approximate surface area is 174 Å². The Bertz CT molecular complexity index is 879. The molecule has 0 aliphatic rings. The lowest BCUT2D eigenvalue weighted by Crippen LogP contribution is -2.35. The second kappa shape index (κ2) is 11.7. The van der Waals surface area contributed by atoms with Gasteiger partial charge in [-0.2, -0.15) is 0 Å². The zero-order chi connectivity index (χ0) is 21.1. The lowest BCUT2D eigenvalue weighted by atomic mass is 10.1. The van der Waals surface area contributed by atoms with E-state index in [1.165, 1.54) is 6.08 Å². The van der Waals surface area contributed by atoms with Crippen molar-refractivity contribution in [3.63, 3.8) is 0 Å². The van der Waals surface area contributed by atoms with Crippen molar-refractivity contribution in [2.24, 2.45) is 0 Å². The molecule has 29 heavy (non-hydrogen) atoms. The van der Waals surface area contributed by atoms with Crippen molar-refractivity contribution in [3.05, 3.63) is 65.7 Å². The van der Waals surface area contributed by atoms with Crippen molar-refractivity contribution in [2.45, 2.75) is 18.2 Å². The third kappa shape index (κ3) is 7.83. The number of carbonyl (C=O) groups excluding carboxylic acids is 3. The maximum absolute atomic E-state index is 12.0. The lowest BCUT2D eigenvalue weighted by Gasteiger charge is -2.10. The minimum Gasteiger partial charge on any atom is -0.452 e. The number of para-hydroxylation sites is 1. The van der Waals surface area contributed by atoms with Crippen molar-refractivity contribution in [1.82, 2.24) is 5.32 Å². The summed E-state index contributed by atoms with van der Waals surface area (Å²) in [5.41, 5.74) is 2.58. The van der Waals surface area contributed by atoms with Gasteiger partial charge in [0.1, 0.15) is 0 Å². The van der Waals surface area contributed by atoms with Gasteiger partial charge >= 0.3 is 5.97 Å². The fourth-order valence-corrected chi connectivity index (χ4v) is 2.85. The molecule has 0 saturated heterocycles. The van der Waals surface area contributed by atoms with E-state index in [4.69, 9.17) is 4.74 Å². The molecule has 0 heterocycles. The van der Waals surface area contributed by atoms with E-state index >= 15 is 0 Å². The number of rotatable bonds is 9. The number of benzene rings is 2. The predicted molar refractivity (Wildman–Crippen MR) is 116 cm³/mol. The van der Waals surface area contributed by atoms with Crippen molar-refractivity contribution in [1.29, 1.82) is 0 Å². The Morgan fingerprint density at radius 3 is 2.45 bits per heavy atom. The van der Waals surface area contributed by atoms with Crippen LogP contribution in [0, 0.1) is 0 Å². The molecule has 0 aliphatic heterocycles. The largest absolute Gasteiger partial charge is 0.452 e. The number of thioether (sulfide) groups is 1. The number of nitrogens with one attached hydrogen (secondary N) is 2. The van der Waals surface area contributed by atoms with E-state index in [0.29, 0.717) is 0 Å². The van der Waals surface area contributed by atoms with Crippen LogP contribution in [-0.4, -0.2) is 37.2 Å². The number of hydrogen-bond donors (Lipinski definition) is 2. The molecular formula is C22H24N2O4S. The Hall–Kier alpha value is -3.06. The minimum atomic E-state index is -0.629. The van der Waals surface area contributed by atoms with Crippen LogP contribution in [0.3, 0.4) is 0 Å². The molecule has 2 aromatic rings. The zero-order valence-electron chi connectivity index (χ0n) is 16.4. The van der Waals surface area contributed by atoms with Gasteiger partial charge in [0.2, 0.25) is 5.91 Å². The summed E-state index contributed by atoms with van der Waals surface area (Å²) in [7, 11) is 0. The predicted octanol–water partition coefficient (Wildman–Crippen LogP) is 3.28. The Morgan fingerprint density at radius 2 is 1.76 bits per heavy atom. The number of carbonyl (C=O) groups is 3. The first-order chi connectivity index (χ1) is 14.0. The first kappa shape index (κ1) is 22.2. The SMILES string of the molecule is CCc1ccccc1NC(=O)CNC(=O)COC(=O)/C=C/c1ccc(SC)cc1. The Morgan fingerprint density at radius 1 is 1.03 bits per heavy atom. The summed E-state index contributed by atoms with van der Waals surface area (Å²) in [5, 5.41) is 5.18. The lowest BCUT2D eigenvalue weighted by molar-refractivity contribution is -0.143. The van der Waals surface area contributed by atoms with Gasteiger partial charge in [0.25, 0.3) is 5.91 Å². The molecule has 2 N–H and O–H groups in total. The molecule has 0 aliphatic carbocycles. The number of hydrogen-bond acceptors (Lipinski definition) is 5. The van der Waals surface area contributed by atoms with E-state index < -0.39 is 18.5 Å². The molecule has 152 valence electrons. The van der Waals surface area contributed by atoms with Gasteiger partial charge in [-0.05, 0) is 48.1 Å². The van der Waals surface area contributed by atoms with E-state index in [9.17, 15) is 14.4 Å². The van der Waals surface area contributed by atoms with Gasteiger partial charge in [-0.1, -0.05) is 37.3 Å². The average molecular weight is 413 g/mol. The fraction of sp³-hybridized carbons (Fsp3) is 0.227. The molecule has 2 amide bonds. The monoisotopic (exact) mass is 412 g/mol. The van der Waals surface area contributed by atoms with Crippen LogP contribution in [-0.2, 0) is 25.5 Å². The van der Waals surface area contributed by atoms with Crippen molar-refractivity contribution in [3.8, 4) is 0 Å². The molecule has 2 rings (SSSR count). The topological polar surface area (TPSA) is 84.5 Å². The summed E-state index contributed by atoms with van der Waals surface area (Å²) in [4.78, 5) is 36.6. The summed E-state index contributed by atoms with van der Waals surface area (Å²) >= 11 is 1.63. The molecule has 7 heteroatoms. The van der Waals surface area contributed by atoms with Crippen LogP contribution in [0.5, 0.6) is 0 Å². The van der Waals surface area contributed by atoms with Crippen molar-refractivity contribution in [2.75, 3.05) is 24.7 Å². The highest BCUT2D eigenvalue weighted by molar-refractivity contribution is 7.98. The smallest absolute Gasteiger partial charge is 0.331 e. The van der Waals surface area contributed by atoms with Crippen LogP contribution in [0.25, 0.3) is 6.08 Å². The number of anilines is 1. The highest BCUT2D eigenvalue weighted by Crippen LogP contribution is 2.16. The second-order valence-electron chi connectivity index (χ2n) is 6.05.